The normalized spacial score (nSPS) is 12.6. The quantitative estimate of drug-likeness (QED) is 0.925. The average Bonchev–Trinajstić information content (AvgIpc) is 2.79. The molecule has 1 atom stereocenters. The van der Waals surface area contributed by atoms with E-state index in [-0.39, 0.29) is 18.2 Å². The number of hydrogen-bond donors (Lipinski definition) is 1. The predicted octanol–water partition coefficient (Wildman–Crippen LogP) is 4.12. The Hall–Kier alpha value is -1.24. The van der Waals surface area contributed by atoms with E-state index in [4.69, 9.17) is 5.73 Å². The lowest BCUT2D eigenvalue weighted by Crippen LogP contribution is -2.17. The van der Waals surface area contributed by atoms with Gasteiger partial charge in [0.15, 0.2) is 0 Å². The Kier molecular flexibility index (Phi) is 5.22. The minimum atomic E-state index is -4.69. The SMILES string of the molecule is Cl.N[C@H](c1ccsc1)c1cccc(OC(F)(F)F)c1. The Morgan fingerprint density at radius 2 is 1.89 bits per heavy atom. The first-order chi connectivity index (χ1) is 8.46. The zero-order valence-electron chi connectivity index (χ0n) is 9.55. The molecule has 0 amide bonds. The summed E-state index contributed by atoms with van der Waals surface area (Å²) in [4.78, 5) is 0. The third kappa shape index (κ3) is 4.41. The molecule has 7 heteroatoms. The second kappa shape index (κ2) is 6.27. The van der Waals surface area contributed by atoms with Crippen molar-refractivity contribution in [3.63, 3.8) is 0 Å². The molecule has 0 unspecified atom stereocenters. The van der Waals surface area contributed by atoms with E-state index < -0.39 is 12.4 Å². The number of thiophene rings is 1. The van der Waals surface area contributed by atoms with Crippen LogP contribution in [-0.2, 0) is 0 Å². The summed E-state index contributed by atoms with van der Waals surface area (Å²) in [6.45, 7) is 0. The molecule has 0 aliphatic rings. The van der Waals surface area contributed by atoms with Gasteiger partial charge in [-0.05, 0) is 40.1 Å². The van der Waals surface area contributed by atoms with Gasteiger partial charge < -0.3 is 10.5 Å². The molecule has 2 rings (SSSR count). The smallest absolute Gasteiger partial charge is 0.406 e. The van der Waals surface area contributed by atoms with Crippen LogP contribution in [0.15, 0.2) is 41.1 Å². The van der Waals surface area contributed by atoms with Crippen LogP contribution < -0.4 is 10.5 Å². The monoisotopic (exact) mass is 309 g/mol. The molecule has 2 nitrogen and oxygen atoms in total. The molecule has 0 saturated carbocycles. The Morgan fingerprint density at radius 3 is 2.47 bits per heavy atom. The molecular weight excluding hydrogens is 299 g/mol. The van der Waals surface area contributed by atoms with Gasteiger partial charge in [-0.1, -0.05) is 12.1 Å². The Bertz CT molecular complexity index is 516. The number of alkyl halides is 3. The first kappa shape index (κ1) is 15.8. The molecule has 0 radical (unpaired) electrons. The second-order valence-corrected chi connectivity index (χ2v) is 4.43. The highest BCUT2D eigenvalue weighted by Crippen LogP contribution is 2.27. The third-order valence-corrected chi connectivity index (χ3v) is 3.05. The maximum atomic E-state index is 12.1. The van der Waals surface area contributed by atoms with E-state index in [1.165, 1.54) is 29.5 Å². The van der Waals surface area contributed by atoms with Gasteiger partial charge in [0.25, 0.3) is 0 Å². The van der Waals surface area contributed by atoms with Gasteiger partial charge in [0.05, 0.1) is 6.04 Å². The summed E-state index contributed by atoms with van der Waals surface area (Å²) in [7, 11) is 0. The number of hydrogen-bond acceptors (Lipinski definition) is 3. The second-order valence-electron chi connectivity index (χ2n) is 3.65. The lowest BCUT2D eigenvalue weighted by atomic mass is 10.0. The highest BCUT2D eigenvalue weighted by Gasteiger charge is 2.31. The lowest BCUT2D eigenvalue weighted by Gasteiger charge is -2.13. The fourth-order valence-corrected chi connectivity index (χ4v) is 2.25. The Balaban J connectivity index is 0.00000180. The topological polar surface area (TPSA) is 35.2 Å². The van der Waals surface area contributed by atoms with Crippen molar-refractivity contribution in [3.8, 4) is 5.75 Å². The van der Waals surface area contributed by atoms with Crippen molar-refractivity contribution >= 4 is 23.7 Å². The molecule has 19 heavy (non-hydrogen) atoms. The molecule has 2 N–H and O–H groups in total. The number of nitrogens with two attached hydrogens (primary N) is 1. The van der Waals surface area contributed by atoms with Gasteiger partial charge in [-0.15, -0.1) is 25.6 Å². The van der Waals surface area contributed by atoms with Crippen molar-refractivity contribution in [2.75, 3.05) is 0 Å². The van der Waals surface area contributed by atoms with Crippen LogP contribution in [0.25, 0.3) is 0 Å². The predicted molar refractivity (Wildman–Crippen MR) is 70.7 cm³/mol. The van der Waals surface area contributed by atoms with Crippen molar-refractivity contribution in [2.24, 2.45) is 5.73 Å². The van der Waals surface area contributed by atoms with Crippen molar-refractivity contribution < 1.29 is 17.9 Å². The van der Waals surface area contributed by atoms with E-state index in [0.717, 1.165) is 5.56 Å². The fourth-order valence-electron chi connectivity index (χ4n) is 1.55. The summed E-state index contributed by atoms with van der Waals surface area (Å²) >= 11 is 1.49. The third-order valence-electron chi connectivity index (χ3n) is 2.35. The van der Waals surface area contributed by atoms with Gasteiger partial charge in [-0.25, -0.2) is 0 Å². The number of ether oxygens (including phenoxy) is 1. The minimum Gasteiger partial charge on any atom is -0.406 e. The summed E-state index contributed by atoms with van der Waals surface area (Å²) in [5, 5.41) is 3.73. The van der Waals surface area contributed by atoms with Gasteiger partial charge in [-0.3, -0.25) is 0 Å². The van der Waals surface area contributed by atoms with Crippen LogP contribution in [0.2, 0.25) is 0 Å². The summed E-state index contributed by atoms with van der Waals surface area (Å²) in [6.07, 6.45) is -4.69. The molecule has 104 valence electrons. The van der Waals surface area contributed by atoms with Crippen LogP contribution in [0.3, 0.4) is 0 Å². The minimum absolute atomic E-state index is 0. The first-order valence-corrected chi connectivity index (χ1v) is 6.03. The molecule has 0 saturated heterocycles. The molecule has 1 aromatic heterocycles. The fraction of sp³-hybridized carbons (Fsp3) is 0.167. The van der Waals surface area contributed by atoms with E-state index in [1.54, 1.807) is 6.07 Å². The number of rotatable bonds is 3. The summed E-state index contributed by atoms with van der Waals surface area (Å²) < 4.78 is 40.1. The highest BCUT2D eigenvalue weighted by atomic mass is 35.5. The number of benzene rings is 1. The number of halogens is 4. The van der Waals surface area contributed by atoms with Gasteiger partial charge >= 0.3 is 6.36 Å². The van der Waals surface area contributed by atoms with E-state index in [1.807, 2.05) is 16.8 Å². The molecule has 0 fully saturated rings. The largest absolute Gasteiger partial charge is 0.573 e. The Labute approximate surface area is 118 Å². The zero-order chi connectivity index (χ0) is 13.2. The van der Waals surface area contributed by atoms with Crippen molar-refractivity contribution in [3.05, 3.63) is 52.2 Å². The van der Waals surface area contributed by atoms with Gasteiger partial charge in [0.1, 0.15) is 5.75 Å². The molecule has 1 heterocycles. The first-order valence-electron chi connectivity index (χ1n) is 5.09. The molecule has 0 spiro atoms. The van der Waals surface area contributed by atoms with Gasteiger partial charge in [0, 0.05) is 0 Å². The van der Waals surface area contributed by atoms with Crippen molar-refractivity contribution in [1.82, 2.24) is 0 Å². The lowest BCUT2D eigenvalue weighted by molar-refractivity contribution is -0.274. The molecule has 1 aromatic carbocycles. The van der Waals surface area contributed by atoms with Crippen molar-refractivity contribution in [2.45, 2.75) is 12.4 Å². The van der Waals surface area contributed by atoms with E-state index in [2.05, 4.69) is 4.74 Å². The molecule has 2 aromatic rings. The van der Waals surface area contributed by atoms with E-state index >= 15 is 0 Å². The zero-order valence-corrected chi connectivity index (χ0v) is 11.2. The average molecular weight is 310 g/mol. The van der Waals surface area contributed by atoms with Crippen LogP contribution in [0.1, 0.15) is 17.2 Å². The summed E-state index contributed by atoms with van der Waals surface area (Å²) in [5.41, 5.74) is 7.41. The van der Waals surface area contributed by atoms with E-state index in [0.29, 0.717) is 5.56 Å². The molecule has 0 aliphatic carbocycles. The maximum absolute atomic E-state index is 12.1. The van der Waals surface area contributed by atoms with Crippen LogP contribution in [0.4, 0.5) is 13.2 Å². The molecule has 0 bridgehead atoms. The van der Waals surface area contributed by atoms with E-state index in [9.17, 15) is 13.2 Å². The Morgan fingerprint density at radius 1 is 1.16 bits per heavy atom. The summed E-state index contributed by atoms with van der Waals surface area (Å²) in [6, 6.07) is 7.10. The van der Waals surface area contributed by atoms with Gasteiger partial charge in [-0.2, -0.15) is 11.3 Å². The summed E-state index contributed by atoms with van der Waals surface area (Å²) in [5.74, 6) is -0.259. The maximum Gasteiger partial charge on any atom is 0.573 e. The van der Waals surface area contributed by atoms with Crippen LogP contribution >= 0.6 is 23.7 Å². The highest BCUT2D eigenvalue weighted by molar-refractivity contribution is 7.08. The molecule has 0 aliphatic heterocycles. The van der Waals surface area contributed by atoms with Gasteiger partial charge in [0.2, 0.25) is 0 Å². The van der Waals surface area contributed by atoms with Crippen LogP contribution in [0, 0.1) is 0 Å². The van der Waals surface area contributed by atoms with Crippen LogP contribution in [0.5, 0.6) is 5.75 Å². The standard InChI is InChI=1S/C12H10F3NOS.ClH/c13-12(14,15)17-10-3-1-2-8(6-10)11(16)9-4-5-18-7-9;/h1-7,11H,16H2;1H/t11-;/m0./s1. The molecular formula is C12H11ClF3NOS. The van der Waals surface area contributed by atoms with Crippen molar-refractivity contribution in [1.29, 1.82) is 0 Å². The van der Waals surface area contributed by atoms with Crippen LogP contribution in [-0.4, -0.2) is 6.36 Å².